The van der Waals surface area contributed by atoms with Crippen molar-refractivity contribution in [3.63, 3.8) is 0 Å². The number of nitriles is 1. The normalized spacial score (nSPS) is 14.2. The van der Waals surface area contributed by atoms with Crippen LogP contribution in [0.2, 0.25) is 0 Å². The molecule has 0 aliphatic carbocycles. The Labute approximate surface area is 176 Å². The Bertz CT molecular complexity index is 1050. The summed E-state index contributed by atoms with van der Waals surface area (Å²) in [7, 11) is 0. The summed E-state index contributed by atoms with van der Waals surface area (Å²) in [6.07, 6.45) is 1.66. The third-order valence-electron chi connectivity index (χ3n) is 5.26. The van der Waals surface area contributed by atoms with Gasteiger partial charge in [0.1, 0.15) is 11.8 Å². The SMILES string of the molecule is N#Cc1ccccc1NC(=O)c1cc(N2CCN(Cc3ccccc3)CC2)ccn1. The highest BCUT2D eigenvalue weighted by Crippen LogP contribution is 2.20. The lowest BCUT2D eigenvalue weighted by Gasteiger charge is -2.36. The smallest absolute Gasteiger partial charge is 0.274 e. The standard InChI is InChI=1S/C24H23N5O/c25-17-20-8-4-5-9-22(20)27-24(30)23-16-21(10-11-26-23)29-14-12-28(13-15-29)18-19-6-2-1-3-7-19/h1-11,16H,12-15,18H2,(H,27,30). The Hall–Kier alpha value is -3.69. The van der Waals surface area contributed by atoms with E-state index in [4.69, 9.17) is 0 Å². The van der Waals surface area contributed by atoms with Crippen molar-refractivity contribution in [2.45, 2.75) is 6.54 Å². The molecule has 1 aromatic heterocycles. The third kappa shape index (κ3) is 4.65. The molecular weight excluding hydrogens is 374 g/mol. The lowest BCUT2D eigenvalue weighted by atomic mass is 10.2. The maximum Gasteiger partial charge on any atom is 0.274 e. The number of anilines is 2. The third-order valence-corrected chi connectivity index (χ3v) is 5.26. The molecule has 1 aliphatic rings. The Morgan fingerprint density at radius 2 is 1.73 bits per heavy atom. The van der Waals surface area contributed by atoms with E-state index in [1.54, 1.807) is 30.5 Å². The molecular formula is C24H23N5O. The molecule has 1 amide bonds. The summed E-state index contributed by atoms with van der Waals surface area (Å²) in [5, 5.41) is 12.0. The Morgan fingerprint density at radius 1 is 1.00 bits per heavy atom. The summed E-state index contributed by atoms with van der Waals surface area (Å²) in [5.74, 6) is -0.317. The zero-order chi connectivity index (χ0) is 20.8. The van der Waals surface area contributed by atoms with E-state index >= 15 is 0 Å². The summed E-state index contributed by atoms with van der Waals surface area (Å²) in [4.78, 5) is 21.6. The lowest BCUT2D eigenvalue weighted by Crippen LogP contribution is -2.46. The first-order chi connectivity index (χ1) is 14.7. The van der Waals surface area contributed by atoms with Gasteiger partial charge in [-0.3, -0.25) is 14.7 Å². The van der Waals surface area contributed by atoms with Gasteiger partial charge in [-0.05, 0) is 29.8 Å². The van der Waals surface area contributed by atoms with Crippen LogP contribution in [0.15, 0.2) is 72.9 Å². The zero-order valence-electron chi connectivity index (χ0n) is 16.7. The zero-order valence-corrected chi connectivity index (χ0v) is 16.7. The summed E-state index contributed by atoms with van der Waals surface area (Å²) in [5.41, 5.74) is 3.57. The van der Waals surface area contributed by atoms with Gasteiger partial charge in [-0.15, -0.1) is 0 Å². The van der Waals surface area contributed by atoms with Crippen LogP contribution in [0, 0.1) is 11.3 Å². The van der Waals surface area contributed by atoms with Gasteiger partial charge < -0.3 is 10.2 Å². The number of pyridine rings is 1. The number of rotatable bonds is 5. The number of piperazine rings is 1. The summed E-state index contributed by atoms with van der Waals surface area (Å²) < 4.78 is 0. The fourth-order valence-corrected chi connectivity index (χ4v) is 3.62. The van der Waals surface area contributed by atoms with Crippen molar-refractivity contribution in [2.75, 3.05) is 36.4 Å². The number of nitrogens with zero attached hydrogens (tertiary/aromatic N) is 4. The second-order valence-electron chi connectivity index (χ2n) is 7.26. The van der Waals surface area contributed by atoms with Crippen LogP contribution in [0.3, 0.4) is 0 Å². The quantitative estimate of drug-likeness (QED) is 0.713. The fourth-order valence-electron chi connectivity index (χ4n) is 3.62. The van der Waals surface area contributed by atoms with E-state index in [9.17, 15) is 10.1 Å². The second kappa shape index (κ2) is 9.21. The number of benzene rings is 2. The van der Waals surface area contributed by atoms with Gasteiger partial charge in [0.25, 0.3) is 5.91 Å². The molecule has 150 valence electrons. The molecule has 0 saturated carbocycles. The average molecular weight is 397 g/mol. The van der Waals surface area contributed by atoms with Crippen LogP contribution >= 0.6 is 0 Å². The molecule has 1 aliphatic heterocycles. The Morgan fingerprint density at radius 3 is 2.50 bits per heavy atom. The van der Waals surface area contributed by atoms with Gasteiger partial charge in [0.2, 0.25) is 0 Å². The number of hydrogen-bond donors (Lipinski definition) is 1. The van der Waals surface area contributed by atoms with Crippen LogP contribution in [-0.2, 0) is 6.54 Å². The van der Waals surface area contributed by atoms with Gasteiger partial charge in [-0.2, -0.15) is 5.26 Å². The van der Waals surface area contributed by atoms with Crippen LogP contribution in [0.4, 0.5) is 11.4 Å². The highest BCUT2D eigenvalue weighted by Gasteiger charge is 2.19. The van der Waals surface area contributed by atoms with Crippen molar-refractivity contribution in [2.24, 2.45) is 0 Å². The fraction of sp³-hybridized carbons (Fsp3) is 0.208. The van der Waals surface area contributed by atoms with Crippen LogP contribution in [0.25, 0.3) is 0 Å². The number of para-hydroxylation sites is 1. The minimum atomic E-state index is -0.317. The average Bonchev–Trinajstić information content (AvgIpc) is 2.81. The lowest BCUT2D eigenvalue weighted by molar-refractivity contribution is 0.102. The van der Waals surface area contributed by atoms with Crippen LogP contribution in [0.1, 0.15) is 21.6 Å². The van der Waals surface area contributed by atoms with E-state index in [0.29, 0.717) is 16.9 Å². The molecule has 6 heteroatoms. The minimum Gasteiger partial charge on any atom is -0.369 e. The Kier molecular flexibility index (Phi) is 6.02. The van der Waals surface area contributed by atoms with Crippen molar-refractivity contribution < 1.29 is 4.79 Å². The van der Waals surface area contributed by atoms with E-state index in [-0.39, 0.29) is 5.91 Å². The van der Waals surface area contributed by atoms with Gasteiger partial charge in [-0.1, -0.05) is 42.5 Å². The van der Waals surface area contributed by atoms with E-state index in [1.165, 1.54) is 5.56 Å². The molecule has 0 unspecified atom stereocenters. The molecule has 0 radical (unpaired) electrons. The van der Waals surface area contributed by atoms with Crippen molar-refractivity contribution >= 4 is 17.3 Å². The maximum absolute atomic E-state index is 12.7. The molecule has 2 heterocycles. The van der Waals surface area contributed by atoms with Crippen LogP contribution < -0.4 is 10.2 Å². The summed E-state index contributed by atoms with van der Waals surface area (Å²) >= 11 is 0. The number of nitrogens with one attached hydrogen (secondary N) is 1. The van der Waals surface area contributed by atoms with Crippen molar-refractivity contribution in [3.05, 3.63) is 89.7 Å². The van der Waals surface area contributed by atoms with Crippen molar-refractivity contribution in [3.8, 4) is 6.07 Å². The van der Waals surface area contributed by atoms with Crippen molar-refractivity contribution in [1.82, 2.24) is 9.88 Å². The molecule has 3 aromatic rings. The highest BCUT2D eigenvalue weighted by atomic mass is 16.1. The predicted octanol–water partition coefficient (Wildman–Crippen LogP) is 3.53. The maximum atomic E-state index is 12.7. The number of amides is 1. The molecule has 0 atom stereocenters. The summed E-state index contributed by atoms with van der Waals surface area (Å²) in [6, 6.07) is 23.3. The van der Waals surface area contributed by atoms with Gasteiger partial charge in [-0.25, -0.2) is 0 Å². The molecule has 1 fully saturated rings. The number of hydrogen-bond acceptors (Lipinski definition) is 5. The minimum absolute atomic E-state index is 0.317. The molecule has 30 heavy (non-hydrogen) atoms. The van der Waals surface area contributed by atoms with Gasteiger partial charge in [0, 0.05) is 44.6 Å². The molecule has 4 rings (SSSR count). The van der Waals surface area contributed by atoms with E-state index in [2.05, 4.69) is 50.4 Å². The number of carbonyl (C=O) groups is 1. The van der Waals surface area contributed by atoms with Crippen LogP contribution in [0.5, 0.6) is 0 Å². The molecule has 1 N–H and O–H groups in total. The topological polar surface area (TPSA) is 72.3 Å². The molecule has 2 aromatic carbocycles. The van der Waals surface area contributed by atoms with Gasteiger partial charge >= 0.3 is 0 Å². The molecule has 0 spiro atoms. The first-order valence-corrected chi connectivity index (χ1v) is 10.0. The second-order valence-corrected chi connectivity index (χ2v) is 7.26. The molecule has 0 bridgehead atoms. The first kappa shape index (κ1) is 19.6. The largest absolute Gasteiger partial charge is 0.369 e. The van der Waals surface area contributed by atoms with Gasteiger partial charge in [0.15, 0.2) is 0 Å². The monoisotopic (exact) mass is 397 g/mol. The number of aromatic nitrogens is 1. The van der Waals surface area contributed by atoms with Crippen LogP contribution in [-0.4, -0.2) is 42.0 Å². The van der Waals surface area contributed by atoms with Gasteiger partial charge in [0.05, 0.1) is 11.3 Å². The predicted molar refractivity (Wildman–Crippen MR) is 117 cm³/mol. The molecule has 6 nitrogen and oxygen atoms in total. The number of carbonyl (C=O) groups excluding carboxylic acids is 1. The van der Waals surface area contributed by atoms with E-state index in [1.807, 2.05) is 18.2 Å². The highest BCUT2D eigenvalue weighted by molar-refractivity contribution is 6.04. The Balaban J connectivity index is 1.39. The van der Waals surface area contributed by atoms with E-state index < -0.39 is 0 Å². The first-order valence-electron chi connectivity index (χ1n) is 10.0. The molecule has 1 saturated heterocycles. The van der Waals surface area contributed by atoms with E-state index in [0.717, 1.165) is 38.4 Å². The van der Waals surface area contributed by atoms with Crippen molar-refractivity contribution in [1.29, 1.82) is 5.26 Å². The summed E-state index contributed by atoms with van der Waals surface area (Å²) in [6.45, 7) is 4.68.